The van der Waals surface area contributed by atoms with Gasteiger partial charge in [-0.15, -0.1) is 0 Å². The van der Waals surface area contributed by atoms with Crippen LogP contribution in [0.4, 0.5) is 0 Å². The number of nitrogens with one attached hydrogen (secondary N) is 1. The van der Waals surface area contributed by atoms with Gasteiger partial charge in [0, 0.05) is 11.5 Å². The number of aryl methyl sites for hydroxylation is 1. The molecule has 1 amide bonds. The number of aromatic hydroxyl groups is 1. The Bertz CT molecular complexity index is 870. The lowest BCUT2D eigenvalue weighted by Crippen LogP contribution is -2.45. The highest BCUT2D eigenvalue weighted by Crippen LogP contribution is 2.23. The SMILES string of the molecule is CC[C@@H](C)[C@H](NC(=O)Cc1c(C)c2ccc(O)cc2oc1=O)C(=O)O. The van der Waals surface area contributed by atoms with Crippen molar-refractivity contribution in [2.45, 2.75) is 39.7 Å². The minimum Gasteiger partial charge on any atom is -0.508 e. The largest absolute Gasteiger partial charge is 0.508 e. The fraction of sp³-hybridized carbons (Fsp3) is 0.389. The average molecular weight is 347 g/mol. The number of benzene rings is 1. The second kappa shape index (κ2) is 7.38. The lowest BCUT2D eigenvalue weighted by Gasteiger charge is -2.20. The monoisotopic (exact) mass is 347 g/mol. The molecule has 0 radical (unpaired) electrons. The number of phenols is 1. The third-order valence-electron chi connectivity index (χ3n) is 4.40. The molecule has 0 saturated heterocycles. The molecule has 134 valence electrons. The first-order chi connectivity index (χ1) is 11.7. The second-order valence-corrected chi connectivity index (χ2v) is 6.12. The van der Waals surface area contributed by atoms with Crippen LogP contribution < -0.4 is 10.9 Å². The molecule has 7 heteroatoms. The molecule has 2 rings (SSSR count). The Morgan fingerprint density at radius 3 is 2.60 bits per heavy atom. The quantitative estimate of drug-likeness (QED) is 0.688. The van der Waals surface area contributed by atoms with Crippen molar-refractivity contribution in [1.29, 1.82) is 0 Å². The van der Waals surface area contributed by atoms with Crippen LogP contribution in [0.3, 0.4) is 0 Å². The average Bonchev–Trinajstić information content (AvgIpc) is 2.55. The van der Waals surface area contributed by atoms with Crippen LogP contribution in [0.5, 0.6) is 5.75 Å². The number of amides is 1. The predicted octanol–water partition coefficient (Wildman–Crippen LogP) is 1.97. The number of hydrogen-bond acceptors (Lipinski definition) is 5. The number of carbonyl (C=O) groups is 2. The van der Waals surface area contributed by atoms with E-state index >= 15 is 0 Å². The Kier molecular flexibility index (Phi) is 5.46. The van der Waals surface area contributed by atoms with Gasteiger partial charge in [0.05, 0.1) is 12.0 Å². The molecule has 0 aliphatic rings. The van der Waals surface area contributed by atoms with Crippen LogP contribution in [0.25, 0.3) is 11.0 Å². The summed E-state index contributed by atoms with van der Waals surface area (Å²) < 4.78 is 5.16. The van der Waals surface area contributed by atoms with E-state index in [1.807, 2.05) is 6.92 Å². The summed E-state index contributed by atoms with van der Waals surface area (Å²) in [6.45, 7) is 5.26. The van der Waals surface area contributed by atoms with Gasteiger partial charge in [0.15, 0.2) is 0 Å². The second-order valence-electron chi connectivity index (χ2n) is 6.12. The van der Waals surface area contributed by atoms with E-state index in [0.29, 0.717) is 17.4 Å². The lowest BCUT2D eigenvalue weighted by atomic mass is 9.98. The Balaban J connectivity index is 2.30. The molecule has 0 saturated carbocycles. The van der Waals surface area contributed by atoms with Gasteiger partial charge in [0.1, 0.15) is 17.4 Å². The Labute approximate surface area is 144 Å². The number of carbonyl (C=O) groups excluding carboxylic acids is 1. The van der Waals surface area contributed by atoms with Gasteiger partial charge in [-0.3, -0.25) is 4.79 Å². The van der Waals surface area contributed by atoms with Crippen molar-refractivity contribution in [2.75, 3.05) is 0 Å². The summed E-state index contributed by atoms with van der Waals surface area (Å²) in [5.41, 5.74) is 0.289. The van der Waals surface area contributed by atoms with Crippen molar-refractivity contribution in [1.82, 2.24) is 5.32 Å². The third kappa shape index (κ3) is 3.99. The predicted molar refractivity (Wildman–Crippen MR) is 91.6 cm³/mol. The fourth-order valence-corrected chi connectivity index (χ4v) is 2.66. The smallest absolute Gasteiger partial charge is 0.340 e. The van der Waals surface area contributed by atoms with Gasteiger partial charge in [0.2, 0.25) is 5.91 Å². The first-order valence-corrected chi connectivity index (χ1v) is 8.02. The molecule has 0 aliphatic carbocycles. The number of fused-ring (bicyclic) bond motifs is 1. The van der Waals surface area contributed by atoms with Gasteiger partial charge in [-0.05, 0) is 30.5 Å². The molecule has 2 aromatic rings. The van der Waals surface area contributed by atoms with Crippen molar-refractivity contribution in [3.8, 4) is 5.75 Å². The molecule has 0 spiro atoms. The number of hydrogen-bond donors (Lipinski definition) is 3. The number of phenolic OH excluding ortho intramolecular Hbond substituents is 1. The standard InChI is InChI=1S/C18H21NO6/c1-4-9(2)16(17(22)23)19-15(21)8-13-10(3)12-6-5-11(20)7-14(12)25-18(13)24/h5-7,9,16,20H,4,8H2,1-3H3,(H,19,21)(H,22,23)/t9-,16+/m1/s1. The molecule has 1 heterocycles. The minimum absolute atomic E-state index is 0.0293. The van der Waals surface area contributed by atoms with Gasteiger partial charge in [-0.25, -0.2) is 9.59 Å². The van der Waals surface area contributed by atoms with Crippen molar-refractivity contribution in [2.24, 2.45) is 5.92 Å². The molecular formula is C18H21NO6. The maximum atomic E-state index is 12.2. The van der Waals surface area contributed by atoms with Crippen molar-refractivity contribution >= 4 is 22.8 Å². The highest BCUT2D eigenvalue weighted by molar-refractivity contribution is 5.87. The normalized spacial score (nSPS) is 13.4. The van der Waals surface area contributed by atoms with Crippen LogP contribution in [0.1, 0.15) is 31.4 Å². The zero-order valence-electron chi connectivity index (χ0n) is 14.3. The topological polar surface area (TPSA) is 117 Å². The molecule has 25 heavy (non-hydrogen) atoms. The summed E-state index contributed by atoms with van der Waals surface area (Å²) in [5.74, 6) is -1.93. The minimum atomic E-state index is -1.11. The van der Waals surface area contributed by atoms with Crippen LogP contribution in [0, 0.1) is 12.8 Å². The van der Waals surface area contributed by atoms with Crippen LogP contribution in [0.15, 0.2) is 27.4 Å². The van der Waals surface area contributed by atoms with Gasteiger partial charge in [-0.2, -0.15) is 0 Å². The van der Waals surface area contributed by atoms with E-state index in [-0.39, 0.29) is 29.2 Å². The van der Waals surface area contributed by atoms with Gasteiger partial charge < -0.3 is 19.9 Å². The van der Waals surface area contributed by atoms with Crippen LogP contribution in [0.2, 0.25) is 0 Å². The summed E-state index contributed by atoms with van der Waals surface area (Å²) in [4.78, 5) is 35.7. The lowest BCUT2D eigenvalue weighted by molar-refractivity contribution is -0.143. The Morgan fingerprint density at radius 1 is 1.32 bits per heavy atom. The molecule has 1 aromatic heterocycles. The van der Waals surface area contributed by atoms with E-state index in [1.54, 1.807) is 19.9 Å². The first kappa shape index (κ1) is 18.5. The van der Waals surface area contributed by atoms with E-state index in [4.69, 9.17) is 4.42 Å². The molecule has 0 bridgehead atoms. The Morgan fingerprint density at radius 2 is 2.00 bits per heavy atom. The van der Waals surface area contributed by atoms with Crippen molar-refractivity contribution < 1.29 is 24.2 Å². The van der Waals surface area contributed by atoms with Gasteiger partial charge in [-0.1, -0.05) is 20.3 Å². The number of aliphatic carboxylic acids is 1. The van der Waals surface area contributed by atoms with E-state index < -0.39 is 23.5 Å². The zero-order chi connectivity index (χ0) is 18.7. The summed E-state index contributed by atoms with van der Waals surface area (Å²) >= 11 is 0. The molecule has 0 unspecified atom stereocenters. The van der Waals surface area contributed by atoms with Crippen LogP contribution in [-0.2, 0) is 16.0 Å². The summed E-state index contributed by atoms with van der Waals surface area (Å²) in [6.07, 6.45) is 0.322. The highest BCUT2D eigenvalue weighted by atomic mass is 16.4. The molecule has 2 atom stereocenters. The van der Waals surface area contributed by atoms with E-state index in [9.17, 15) is 24.6 Å². The Hall–Kier alpha value is -2.83. The van der Waals surface area contributed by atoms with Crippen LogP contribution >= 0.6 is 0 Å². The maximum absolute atomic E-state index is 12.2. The summed E-state index contributed by atoms with van der Waals surface area (Å²) in [7, 11) is 0. The van der Waals surface area contributed by atoms with Crippen molar-refractivity contribution in [3.05, 3.63) is 39.7 Å². The fourth-order valence-electron chi connectivity index (χ4n) is 2.66. The number of rotatable bonds is 6. The first-order valence-electron chi connectivity index (χ1n) is 8.02. The molecular weight excluding hydrogens is 326 g/mol. The molecule has 1 aromatic carbocycles. The molecule has 0 aliphatic heterocycles. The van der Waals surface area contributed by atoms with E-state index in [2.05, 4.69) is 5.32 Å². The third-order valence-corrected chi connectivity index (χ3v) is 4.40. The van der Waals surface area contributed by atoms with E-state index in [1.165, 1.54) is 12.1 Å². The molecule has 3 N–H and O–H groups in total. The maximum Gasteiger partial charge on any atom is 0.340 e. The van der Waals surface area contributed by atoms with Crippen LogP contribution in [-0.4, -0.2) is 28.1 Å². The van der Waals surface area contributed by atoms with Gasteiger partial charge in [0.25, 0.3) is 0 Å². The number of carboxylic acids is 1. The zero-order valence-corrected chi connectivity index (χ0v) is 14.3. The molecule has 0 fully saturated rings. The van der Waals surface area contributed by atoms with Gasteiger partial charge >= 0.3 is 11.6 Å². The molecule has 7 nitrogen and oxygen atoms in total. The summed E-state index contributed by atoms with van der Waals surface area (Å²) in [6, 6.07) is 3.38. The summed E-state index contributed by atoms with van der Waals surface area (Å²) in [5, 5.41) is 21.8. The van der Waals surface area contributed by atoms with Crippen molar-refractivity contribution in [3.63, 3.8) is 0 Å². The van der Waals surface area contributed by atoms with E-state index in [0.717, 1.165) is 0 Å². The highest BCUT2D eigenvalue weighted by Gasteiger charge is 2.26. The number of carboxylic acid groups (broad SMARTS) is 1.